The maximum absolute atomic E-state index is 11.9. The summed E-state index contributed by atoms with van der Waals surface area (Å²) < 4.78 is 0. The summed E-state index contributed by atoms with van der Waals surface area (Å²) >= 11 is 0. The molecule has 8 heteroatoms. The highest BCUT2D eigenvalue weighted by Crippen LogP contribution is 2.34. The van der Waals surface area contributed by atoms with E-state index in [-0.39, 0.29) is 24.5 Å². The predicted molar refractivity (Wildman–Crippen MR) is 73.6 cm³/mol. The van der Waals surface area contributed by atoms with Crippen LogP contribution in [0.2, 0.25) is 0 Å². The second kappa shape index (κ2) is 5.13. The number of rotatable bonds is 3. The zero-order chi connectivity index (χ0) is 15.8. The highest BCUT2D eigenvalue weighted by molar-refractivity contribution is 6.07. The molecular weight excluding hydrogens is 278 g/mol. The van der Waals surface area contributed by atoms with Crippen LogP contribution in [0.25, 0.3) is 0 Å². The van der Waals surface area contributed by atoms with Gasteiger partial charge in [0.25, 0.3) is 11.6 Å². The van der Waals surface area contributed by atoms with Crippen LogP contribution in [0.3, 0.4) is 0 Å². The molecule has 0 saturated carbocycles. The molecule has 1 saturated heterocycles. The van der Waals surface area contributed by atoms with E-state index in [1.54, 1.807) is 13.8 Å². The molecule has 0 unspecified atom stereocenters. The minimum atomic E-state index is -1.10. The summed E-state index contributed by atoms with van der Waals surface area (Å²) in [7, 11) is 0. The SMILES string of the molecule is CC1(C)C(=O)NC(=O)CN1c1ccc(CO)cc1[N+](=O)[O-]. The molecule has 0 radical (unpaired) electrons. The molecule has 0 atom stereocenters. The third-order valence-electron chi connectivity index (χ3n) is 3.50. The van der Waals surface area contributed by atoms with Crippen LogP contribution in [0.4, 0.5) is 11.4 Å². The van der Waals surface area contributed by atoms with Crippen molar-refractivity contribution >= 4 is 23.2 Å². The summed E-state index contributed by atoms with van der Waals surface area (Å²) in [5.74, 6) is -1.03. The molecule has 0 aliphatic carbocycles. The Bertz CT molecular complexity index is 626. The Labute approximate surface area is 120 Å². The van der Waals surface area contributed by atoms with Gasteiger partial charge in [-0.05, 0) is 25.5 Å². The van der Waals surface area contributed by atoms with E-state index in [0.29, 0.717) is 5.56 Å². The third kappa shape index (κ3) is 2.57. The summed E-state index contributed by atoms with van der Waals surface area (Å²) in [6, 6.07) is 4.20. The maximum Gasteiger partial charge on any atom is 0.292 e. The standard InChI is InChI=1S/C13H15N3O5/c1-13(2)12(19)14-11(18)6-15(13)9-4-3-8(7-17)5-10(9)16(20)21/h3-5,17H,6-7H2,1-2H3,(H,14,18,19). The van der Waals surface area contributed by atoms with Gasteiger partial charge < -0.3 is 10.0 Å². The summed E-state index contributed by atoms with van der Waals surface area (Å²) in [5, 5.41) is 22.5. The van der Waals surface area contributed by atoms with Gasteiger partial charge >= 0.3 is 0 Å². The van der Waals surface area contributed by atoms with Gasteiger partial charge in [-0.1, -0.05) is 6.07 Å². The lowest BCUT2D eigenvalue weighted by molar-refractivity contribution is -0.384. The first-order chi connectivity index (χ1) is 9.77. The van der Waals surface area contributed by atoms with E-state index >= 15 is 0 Å². The number of nitro benzene ring substituents is 1. The van der Waals surface area contributed by atoms with Crippen LogP contribution in [0.15, 0.2) is 18.2 Å². The molecule has 1 aromatic carbocycles. The molecule has 0 spiro atoms. The largest absolute Gasteiger partial charge is 0.392 e. The lowest BCUT2D eigenvalue weighted by atomic mass is 9.97. The molecule has 1 aliphatic heterocycles. The first-order valence-electron chi connectivity index (χ1n) is 6.27. The van der Waals surface area contributed by atoms with Gasteiger partial charge in [-0.15, -0.1) is 0 Å². The lowest BCUT2D eigenvalue weighted by Crippen LogP contribution is -2.64. The summed E-state index contributed by atoms with van der Waals surface area (Å²) in [5.41, 5.74) is -0.794. The molecule has 2 amide bonds. The number of aliphatic hydroxyl groups excluding tert-OH is 1. The van der Waals surface area contributed by atoms with Crippen LogP contribution in [0, 0.1) is 10.1 Å². The van der Waals surface area contributed by atoms with E-state index in [1.807, 2.05) is 0 Å². The van der Waals surface area contributed by atoms with Crippen LogP contribution >= 0.6 is 0 Å². The Morgan fingerprint density at radius 2 is 2.10 bits per heavy atom. The highest BCUT2D eigenvalue weighted by atomic mass is 16.6. The van der Waals surface area contributed by atoms with Gasteiger partial charge in [0.15, 0.2) is 0 Å². The zero-order valence-corrected chi connectivity index (χ0v) is 11.6. The molecule has 1 fully saturated rings. The van der Waals surface area contributed by atoms with E-state index < -0.39 is 22.3 Å². The van der Waals surface area contributed by atoms with E-state index in [4.69, 9.17) is 5.11 Å². The van der Waals surface area contributed by atoms with Crippen molar-refractivity contribution < 1.29 is 19.6 Å². The number of hydrogen-bond acceptors (Lipinski definition) is 6. The average Bonchev–Trinajstić information content (AvgIpc) is 2.42. The number of nitrogens with zero attached hydrogens (tertiary/aromatic N) is 2. The fraction of sp³-hybridized carbons (Fsp3) is 0.385. The van der Waals surface area contributed by atoms with Crippen LogP contribution in [-0.4, -0.2) is 33.9 Å². The summed E-state index contributed by atoms with van der Waals surface area (Å²) in [4.78, 5) is 35.5. The second-order valence-corrected chi connectivity index (χ2v) is 5.26. The maximum atomic E-state index is 11.9. The van der Waals surface area contributed by atoms with Gasteiger partial charge in [0.1, 0.15) is 11.2 Å². The van der Waals surface area contributed by atoms with Gasteiger partial charge in [0, 0.05) is 6.07 Å². The Balaban J connectivity index is 2.56. The predicted octanol–water partition coefficient (Wildman–Crippen LogP) is 0.328. The number of nitrogens with one attached hydrogen (secondary N) is 1. The number of hydrogen-bond donors (Lipinski definition) is 2. The number of piperazine rings is 1. The molecule has 1 aliphatic rings. The van der Waals surface area contributed by atoms with Crippen molar-refractivity contribution in [3.63, 3.8) is 0 Å². The van der Waals surface area contributed by atoms with E-state index in [2.05, 4.69) is 5.32 Å². The molecule has 21 heavy (non-hydrogen) atoms. The molecule has 0 bridgehead atoms. The minimum Gasteiger partial charge on any atom is -0.392 e. The monoisotopic (exact) mass is 293 g/mol. The number of anilines is 1. The van der Waals surface area contributed by atoms with Crippen molar-refractivity contribution in [1.82, 2.24) is 5.32 Å². The molecule has 112 valence electrons. The Hall–Kier alpha value is -2.48. The van der Waals surface area contributed by atoms with Crippen molar-refractivity contribution in [2.75, 3.05) is 11.4 Å². The van der Waals surface area contributed by atoms with Crippen molar-refractivity contribution in [3.05, 3.63) is 33.9 Å². The van der Waals surface area contributed by atoms with Gasteiger partial charge in [0.05, 0.1) is 18.1 Å². The van der Waals surface area contributed by atoms with E-state index in [0.717, 1.165) is 0 Å². The Morgan fingerprint density at radius 1 is 1.43 bits per heavy atom. The van der Waals surface area contributed by atoms with Gasteiger partial charge in [-0.25, -0.2) is 0 Å². The first-order valence-corrected chi connectivity index (χ1v) is 6.27. The molecular formula is C13H15N3O5. The van der Waals surface area contributed by atoms with Crippen LogP contribution < -0.4 is 10.2 Å². The normalized spacial score (nSPS) is 17.6. The number of imide groups is 1. The Kier molecular flexibility index (Phi) is 3.65. The first kappa shape index (κ1) is 14.9. The summed E-state index contributed by atoms with van der Waals surface area (Å²) in [6.07, 6.45) is 0. The number of carbonyl (C=O) groups is 2. The topological polar surface area (TPSA) is 113 Å². The number of aliphatic hydroxyl groups is 1. The average molecular weight is 293 g/mol. The quantitative estimate of drug-likeness (QED) is 0.471. The molecule has 8 nitrogen and oxygen atoms in total. The van der Waals surface area contributed by atoms with Crippen molar-refractivity contribution in [2.45, 2.75) is 26.0 Å². The molecule has 0 aromatic heterocycles. The lowest BCUT2D eigenvalue weighted by Gasteiger charge is -2.41. The summed E-state index contributed by atoms with van der Waals surface area (Å²) in [6.45, 7) is 2.68. The van der Waals surface area contributed by atoms with Crippen LogP contribution in [0.5, 0.6) is 0 Å². The molecule has 2 N–H and O–H groups in total. The van der Waals surface area contributed by atoms with Crippen LogP contribution in [0.1, 0.15) is 19.4 Å². The van der Waals surface area contributed by atoms with Crippen molar-refractivity contribution in [2.24, 2.45) is 0 Å². The van der Waals surface area contributed by atoms with Gasteiger partial charge in [0.2, 0.25) is 5.91 Å². The molecule has 1 aromatic rings. The van der Waals surface area contributed by atoms with Gasteiger partial charge in [-0.2, -0.15) is 0 Å². The highest BCUT2D eigenvalue weighted by Gasteiger charge is 2.43. The van der Waals surface area contributed by atoms with E-state index in [1.165, 1.54) is 23.1 Å². The minimum absolute atomic E-state index is 0.155. The fourth-order valence-corrected chi connectivity index (χ4v) is 2.21. The number of carbonyl (C=O) groups excluding carboxylic acids is 2. The molecule has 2 rings (SSSR count). The smallest absolute Gasteiger partial charge is 0.292 e. The molecule has 1 heterocycles. The number of amides is 2. The second-order valence-electron chi connectivity index (χ2n) is 5.26. The van der Waals surface area contributed by atoms with E-state index in [9.17, 15) is 19.7 Å². The number of nitro groups is 1. The fourth-order valence-electron chi connectivity index (χ4n) is 2.21. The zero-order valence-electron chi connectivity index (χ0n) is 11.6. The van der Waals surface area contributed by atoms with Crippen molar-refractivity contribution in [3.8, 4) is 0 Å². The van der Waals surface area contributed by atoms with Crippen LogP contribution in [-0.2, 0) is 16.2 Å². The number of benzene rings is 1. The van der Waals surface area contributed by atoms with Gasteiger partial charge in [-0.3, -0.25) is 25.0 Å². The Morgan fingerprint density at radius 3 is 2.67 bits per heavy atom. The van der Waals surface area contributed by atoms with Crippen molar-refractivity contribution in [1.29, 1.82) is 0 Å². The third-order valence-corrected chi connectivity index (χ3v) is 3.50.